The number of hydrogen-bond donors (Lipinski definition) is 1. The number of benzene rings is 2. The fourth-order valence-corrected chi connectivity index (χ4v) is 2.83. The number of nitrogens with zero attached hydrogens (tertiary/aromatic N) is 2. The lowest BCUT2D eigenvalue weighted by atomic mass is 10.1. The maximum absolute atomic E-state index is 14.0. The second-order valence-electron chi connectivity index (χ2n) is 6.21. The zero-order valence-corrected chi connectivity index (χ0v) is 14.1. The molecule has 0 saturated heterocycles. The zero-order chi connectivity index (χ0) is 18.4. The summed E-state index contributed by atoms with van der Waals surface area (Å²) >= 11 is 0. The number of aromatic nitrogens is 2. The van der Waals surface area contributed by atoms with Crippen molar-refractivity contribution in [2.75, 3.05) is 5.73 Å². The number of hydrogen-bond acceptors (Lipinski definition) is 3. The summed E-state index contributed by atoms with van der Waals surface area (Å²) in [6.07, 6.45) is 0. The average molecular weight is 349 g/mol. The Balaban J connectivity index is 2.08. The molecular weight excluding hydrogens is 331 g/mol. The van der Waals surface area contributed by atoms with Gasteiger partial charge < -0.3 is 15.0 Å². The highest BCUT2D eigenvalue weighted by Gasteiger charge is 2.31. The summed E-state index contributed by atoms with van der Waals surface area (Å²) in [5.74, 6) is -4.04. The molecule has 0 amide bonds. The second-order valence-corrected chi connectivity index (χ2v) is 6.21. The van der Waals surface area contributed by atoms with Crippen LogP contribution in [0.1, 0.15) is 26.6 Å². The first-order valence-corrected chi connectivity index (χ1v) is 7.83. The van der Waals surface area contributed by atoms with Crippen LogP contribution in [0.5, 0.6) is 5.75 Å². The van der Waals surface area contributed by atoms with Crippen molar-refractivity contribution in [3.63, 3.8) is 0 Å². The number of nitrogen functional groups attached to an aromatic ring is 1. The fraction of sp³-hybridized carbons (Fsp3) is 0.278. The number of nitrogens with two attached hydrogens (primary N) is 1. The van der Waals surface area contributed by atoms with Gasteiger partial charge in [0, 0.05) is 12.2 Å². The van der Waals surface area contributed by atoms with Gasteiger partial charge in [-0.3, -0.25) is 0 Å². The van der Waals surface area contributed by atoms with Gasteiger partial charge in [-0.2, -0.15) is 4.39 Å². The average Bonchev–Trinajstić information content (AvgIpc) is 2.94. The Morgan fingerprint density at radius 3 is 2.52 bits per heavy atom. The number of anilines is 1. The number of fused-ring (bicyclic) bond motifs is 1. The smallest absolute Gasteiger partial charge is 0.203 e. The van der Waals surface area contributed by atoms with Gasteiger partial charge in [0.1, 0.15) is 0 Å². The van der Waals surface area contributed by atoms with Crippen LogP contribution >= 0.6 is 0 Å². The van der Waals surface area contributed by atoms with E-state index in [2.05, 4.69) is 4.98 Å². The summed E-state index contributed by atoms with van der Waals surface area (Å²) in [6, 6.07) is 7.24. The number of aryl methyl sites for hydroxylation is 1. The fourth-order valence-electron chi connectivity index (χ4n) is 2.83. The molecule has 0 aliphatic rings. The van der Waals surface area contributed by atoms with Crippen LogP contribution < -0.4 is 10.5 Å². The quantitative estimate of drug-likeness (QED) is 0.562. The molecule has 0 spiro atoms. The van der Waals surface area contributed by atoms with Gasteiger partial charge in [0.05, 0.1) is 11.0 Å². The normalized spacial score (nSPS) is 11.9. The van der Waals surface area contributed by atoms with Crippen molar-refractivity contribution >= 4 is 16.7 Å². The summed E-state index contributed by atoms with van der Waals surface area (Å²) < 4.78 is 48.1. The van der Waals surface area contributed by atoms with Crippen molar-refractivity contribution in [1.29, 1.82) is 0 Å². The molecule has 7 heteroatoms. The van der Waals surface area contributed by atoms with Crippen molar-refractivity contribution in [2.24, 2.45) is 0 Å². The molecule has 1 heterocycles. The van der Waals surface area contributed by atoms with Gasteiger partial charge in [-0.1, -0.05) is 0 Å². The summed E-state index contributed by atoms with van der Waals surface area (Å²) in [4.78, 5) is 4.55. The third-order valence-electron chi connectivity index (χ3n) is 3.99. The maximum Gasteiger partial charge on any atom is 0.203 e. The first-order valence-electron chi connectivity index (χ1n) is 7.83. The second kappa shape index (κ2) is 5.98. The summed E-state index contributed by atoms with van der Waals surface area (Å²) in [5, 5.41) is 0. The number of halogens is 3. The minimum Gasteiger partial charge on any atom is -0.477 e. The van der Waals surface area contributed by atoms with Gasteiger partial charge in [0.25, 0.3) is 0 Å². The van der Waals surface area contributed by atoms with Crippen LogP contribution in [-0.4, -0.2) is 9.55 Å². The highest BCUT2D eigenvalue weighted by Crippen LogP contribution is 2.32. The van der Waals surface area contributed by atoms with Crippen molar-refractivity contribution in [3.8, 4) is 5.75 Å². The van der Waals surface area contributed by atoms with E-state index in [4.69, 9.17) is 10.5 Å². The monoisotopic (exact) mass is 349 g/mol. The Labute approximate surface area is 143 Å². The Kier molecular flexibility index (Phi) is 4.10. The number of imidazole rings is 1. The van der Waals surface area contributed by atoms with Crippen molar-refractivity contribution in [1.82, 2.24) is 9.55 Å². The molecule has 0 unspecified atom stereocenters. The molecular formula is C18H18F3N3O. The summed E-state index contributed by atoms with van der Waals surface area (Å²) in [7, 11) is 0. The molecule has 3 aromatic rings. The Morgan fingerprint density at radius 2 is 1.84 bits per heavy atom. The molecule has 132 valence electrons. The predicted molar refractivity (Wildman–Crippen MR) is 89.8 cm³/mol. The largest absolute Gasteiger partial charge is 0.477 e. The molecule has 3 rings (SSSR count). The summed E-state index contributed by atoms with van der Waals surface area (Å²) in [5.41, 5.74) is 6.82. The first kappa shape index (κ1) is 17.1. The molecule has 0 aliphatic heterocycles. The molecule has 0 fully saturated rings. The van der Waals surface area contributed by atoms with Crippen LogP contribution in [-0.2, 0) is 12.1 Å². The highest BCUT2D eigenvalue weighted by molar-refractivity contribution is 5.79. The Bertz CT molecular complexity index is 950. The van der Waals surface area contributed by atoms with Crippen molar-refractivity contribution < 1.29 is 17.9 Å². The van der Waals surface area contributed by atoms with E-state index in [1.807, 2.05) is 17.6 Å². The third-order valence-corrected chi connectivity index (χ3v) is 3.99. The van der Waals surface area contributed by atoms with E-state index in [0.717, 1.165) is 17.6 Å². The lowest BCUT2D eigenvalue weighted by Gasteiger charge is -2.27. The molecule has 2 N–H and O–H groups in total. The maximum atomic E-state index is 14.0. The van der Waals surface area contributed by atoms with E-state index in [-0.39, 0.29) is 5.75 Å². The summed E-state index contributed by atoms with van der Waals surface area (Å²) in [6.45, 7) is 5.91. The highest BCUT2D eigenvalue weighted by atomic mass is 19.2. The molecule has 0 aliphatic carbocycles. The molecule has 0 radical (unpaired) electrons. The van der Waals surface area contributed by atoms with Crippen LogP contribution in [0.4, 0.5) is 18.9 Å². The van der Waals surface area contributed by atoms with Crippen LogP contribution in [0, 0.1) is 17.5 Å². The molecule has 0 bridgehead atoms. The Hall–Kier alpha value is -2.70. The zero-order valence-electron chi connectivity index (χ0n) is 14.1. The first-order chi connectivity index (χ1) is 11.7. The van der Waals surface area contributed by atoms with Gasteiger partial charge in [0.15, 0.2) is 28.8 Å². The molecule has 0 saturated carbocycles. The van der Waals surface area contributed by atoms with E-state index in [1.54, 1.807) is 26.0 Å². The van der Waals surface area contributed by atoms with E-state index in [0.29, 0.717) is 23.6 Å². The lowest BCUT2D eigenvalue weighted by Crippen LogP contribution is -2.30. The van der Waals surface area contributed by atoms with E-state index in [1.165, 1.54) is 0 Å². The van der Waals surface area contributed by atoms with Gasteiger partial charge in [-0.25, -0.2) is 13.8 Å². The minimum atomic E-state index is -1.56. The van der Waals surface area contributed by atoms with E-state index in [9.17, 15) is 13.2 Å². The molecule has 0 atom stereocenters. The van der Waals surface area contributed by atoms with E-state index >= 15 is 0 Å². The van der Waals surface area contributed by atoms with E-state index < -0.39 is 23.1 Å². The van der Waals surface area contributed by atoms with Crippen molar-refractivity contribution in [3.05, 3.63) is 53.6 Å². The number of ether oxygens (including phenoxy) is 1. The number of rotatable bonds is 4. The SMILES string of the molecule is CCn1c(C(C)(C)Oc2ccc(F)c(F)c2F)nc2cc(N)ccc21. The molecule has 25 heavy (non-hydrogen) atoms. The lowest BCUT2D eigenvalue weighted by molar-refractivity contribution is 0.0879. The van der Waals surface area contributed by atoms with Crippen LogP contribution in [0.25, 0.3) is 11.0 Å². The van der Waals surface area contributed by atoms with Gasteiger partial charge in [-0.05, 0) is 51.1 Å². The molecule has 1 aromatic heterocycles. The predicted octanol–water partition coefficient (Wildman–Crippen LogP) is 4.37. The third kappa shape index (κ3) is 2.90. The topological polar surface area (TPSA) is 53.1 Å². The van der Waals surface area contributed by atoms with Gasteiger partial charge in [0.2, 0.25) is 5.82 Å². The van der Waals surface area contributed by atoms with Crippen molar-refractivity contribution in [2.45, 2.75) is 32.9 Å². The minimum absolute atomic E-state index is 0.377. The van der Waals surface area contributed by atoms with Crippen LogP contribution in [0.3, 0.4) is 0 Å². The van der Waals surface area contributed by atoms with Crippen LogP contribution in [0.15, 0.2) is 30.3 Å². The van der Waals surface area contributed by atoms with Gasteiger partial charge >= 0.3 is 0 Å². The standard InChI is InChI=1S/C18H18F3N3O/c1-4-24-13-7-5-10(22)9-12(13)23-17(24)18(2,3)25-14-8-6-11(19)15(20)16(14)21/h5-9H,4,22H2,1-3H3. The van der Waals surface area contributed by atoms with Crippen LogP contribution in [0.2, 0.25) is 0 Å². The van der Waals surface area contributed by atoms with Gasteiger partial charge in [-0.15, -0.1) is 0 Å². The Morgan fingerprint density at radius 1 is 1.12 bits per heavy atom. The molecule has 2 aromatic carbocycles. The molecule has 4 nitrogen and oxygen atoms in total.